The molecule has 1 aliphatic rings. The highest BCUT2D eigenvalue weighted by Gasteiger charge is 2.44. The first-order chi connectivity index (χ1) is 13.0. The molecule has 2 unspecified atom stereocenters. The second-order valence-corrected chi connectivity index (χ2v) is 10.4. The molecule has 8 nitrogen and oxygen atoms in total. The summed E-state index contributed by atoms with van der Waals surface area (Å²) in [5.41, 5.74) is 0.191. The van der Waals surface area contributed by atoms with Crippen LogP contribution in [0.3, 0.4) is 0 Å². The van der Waals surface area contributed by atoms with Crippen LogP contribution in [0.25, 0.3) is 0 Å². The second kappa shape index (κ2) is 9.18. The van der Waals surface area contributed by atoms with Crippen molar-refractivity contribution in [1.82, 2.24) is 10.2 Å². The number of hydroxylamine groups is 2. The number of benzene rings is 1. The van der Waals surface area contributed by atoms with E-state index in [1.807, 2.05) is 31.2 Å². The number of carbonyl (C=O) groups is 2. The summed E-state index contributed by atoms with van der Waals surface area (Å²) in [5, 5.41) is 13.2. The molecule has 28 heavy (non-hydrogen) atoms. The Hall–Kier alpha value is -1.73. The van der Waals surface area contributed by atoms with Crippen LogP contribution < -0.4 is 5.09 Å². The van der Waals surface area contributed by atoms with Crippen LogP contribution in [-0.2, 0) is 30.0 Å². The number of esters is 1. The van der Waals surface area contributed by atoms with Crippen LogP contribution in [0.1, 0.15) is 44.7 Å². The van der Waals surface area contributed by atoms with Gasteiger partial charge >= 0.3 is 5.97 Å². The van der Waals surface area contributed by atoms with Gasteiger partial charge in [-0.2, -0.15) is 0 Å². The van der Waals surface area contributed by atoms with Crippen molar-refractivity contribution in [3.05, 3.63) is 35.4 Å². The van der Waals surface area contributed by atoms with Crippen LogP contribution in [-0.4, -0.2) is 41.1 Å². The lowest BCUT2D eigenvalue weighted by Crippen LogP contribution is -2.44. The molecule has 1 heterocycles. The molecule has 0 spiro atoms. The van der Waals surface area contributed by atoms with Crippen molar-refractivity contribution in [3.8, 4) is 0 Å². The second-order valence-electron chi connectivity index (χ2n) is 7.97. The molecule has 1 aromatic carbocycles. The van der Waals surface area contributed by atoms with Gasteiger partial charge in [0, 0.05) is 13.1 Å². The fourth-order valence-electron chi connectivity index (χ4n) is 2.68. The van der Waals surface area contributed by atoms with E-state index in [0.29, 0.717) is 17.9 Å². The van der Waals surface area contributed by atoms with Crippen molar-refractivity contribution in [2.45, 2.75) is 52.7 Å². The Morgan fingerprint density at radius 3 is 2.57 bits per heavy atom. The third-order valence-electron chi connectivity index (χ3n) is 4.47. The number of piperidine rings is 1. The molecule has 2 atom stereocenters. The summed E-state index contributed by atoms with van der Waals surface area (Å²) in [5.74, 6) is -1.16. The normalized spacial score (nSPS) is 20.0. The van der Waals surface area contributed by atoms with Crippen molar-refractivity contribution in [2.24, 2.45) is 5.41 Å². The molecule has 0 aliphatic carbocycles. The summed E-state index contributed by atoms with van der Waals surface area (Å²) in [6.45, 7) is 6.90. The summed E-state index contributed by atoms with van der Waals surface area (Å²) < 4.78 is 24.0. The number of nitrogens with zero attached hydrogens (tertiary/aromatic N) is 1. The maximum Gasteiger partial charge on any atom is 0.313 e. The van der Waals surface area contributed by atoms with E-state index in [9.17, 15) is 19.4 Å². The topological polar surface area (TPSA) is 105 Å². The van der Waals surface area contributed by atoms with Gasteiger partial charge in [0.15, 0.2) is 6.79 Å². The maximum atomic E-state index is 13.5. The molecule has 0 radical (unpaired) electrons. The van der Waals surface area contributed by atoms with Crippen LogP contribution in [0.5, 0.6) is 0 Å². The van der Waals surface area contributed by atoms with Crippen molar-refractivity contribution < 1.29 is 28.6 Å². The fraction of sp³-hybridized carbons (Fsp3) is 0.579. The van der Waals surface area contributed by atoms with Crippen LogP contribution in [0.4, 0.5) is 0 Å². The summed E-state index contributed by atoms with van der Waals surface area (Å²) in [7, 11) is -3.75. The number of hydrogen-bond donors (Lipinski definition) is 2. The minimum Gasteiger partial charge on any atom is -0.438 e. The standard InChI is InChI=1S/C19H29N2O6P/c1-14-7-9-15(10-8-14)12-20-28(25,16-6-5-11-21(24)17(16)22)27-13-26-18(23)19(2,3)4/h7-10,16,24H,5-6,11-13H2,1-4H3,(H,20,25). The van der Waals surface area contributed by atoms with Gasteiger partial charge in [0.25, 0.3) is 13.4 Å². The molecular formula is C19H29N2O6P. The molecule has 1 amide bonds. The van der Waals surface area contributed by atoms with E-state index in [-0.39, 0.29) is 13.1 Å². The van der Waals surface area contributed by atoms with E-state index in [1.165, 1.54) is 0 Å². The molecule has 1 fully saturated rings. The monoisotopic (exact) mass is 412 g/mol. The minimum atomic E-state index is -3.75. The Bertz CT molecular complexity index is 744. The molecule has 1 saturated heterocycles. The third kappa shape index (κ3) is 5.88. The number of nitrogens with one attached hydrogen (secondary N) is 1. The lowest BCUT2D eigenvalue weighted by molar-refractivity contribution is -0.169. The quantitative estimate of drug-likeness (QED) is 0.307. The zero-order chi connectivity index (χ0) is 20.9. The summed E-state index contributed by atoms with van der Waals surface area (Å²) in [6, 6.07) is 7.62. The SMILES string of the molecule is Cc1ccc(CNP(=O)(OCOC(=O)C(C)(C)C)C2CCCN(O)C2=O)cc1. The van der Waals surface area contributed by atoms with Crippen molar-refractivity contribution in [3.63, 3.8) is 0 Å². The van der Waals surface area contributed by atoms with Gasteiger partial charge in [0.1, 0.15) is 5.66 Å². The Balaban J connectivity index is 2.12. The number of ether oxygens (including phenoxy) is 1. The van der Waals surface area contributed by atoms with Gasteiger partial charge in [-0.1, -0.05) is 29.8 Å². The van der Waals surface area contributed by atoms with E-state index in [4.69, 9.17) is 9.26 Å². The molecule has 0 bridgehead atoms. The molecule has 2 N–H and O–H groups in total. The van der Waals surface area contributed by atoms with Crippen molar-refractivity contribution in [1.29, 1.82) is 0 Å². The van der Waals surface area contributed by atoms with Crippen molar-refractivity contribution >= 4 is 19.4 Å². The highest BCUT2D eigenvalue weighted by molar-refractivity contribution is 7.58. The molecule has 0 saturated carbocycles. The van der Waals surface area contributed by atoms with Gasteiger partial charge in [0.2, 0.25) is 0 Å². The lowest BCUT2D eigenvalue weighted by atomic mass is 9.98. The Morgan fingerprint density at radius 1 is 1.32 bits per heavy atom. The highest BCUT2D eigenvalue weighted by atomic mass is 31.2. The molecule has 1 aromatic rings. The summed E-state index contributed by atoms with van der Waals surface area (Å²) >= 11 is 0. The lowest BCUT2D eigenvalue weighted by Gasteiger charge is -2.32. The van der Waals surface area contributed by atoms with E-state index < -0.39 is 37.3 Å². The highest BCUT2D eigenvalue weighted by Crippen LogP contribution is 2.51. The van der Waals surface area contributed by atoms with Gasteiger partial charge < -0.3 is 4.74 Å². The van der Waals surface area contributed by atoms with E-state index in [2.05, 4.69) is 5.09 Å². The van der Waals surface area contributed by atoms with E-state index in [0.717, 1.165) is 11.1 Å². The summed E-state index contributed by atoms with van der Waals surface area (Å²) in [4.78, 5) is 24.3. The van der Waals surface area contributed by atoms with Gasteiger partial charge in [-0.05, 0) is 46.1 Å². The molecule has 156 valence electrons. The molecule has 9 heteroatoms. The zero-order valence-corrected chi connectivity index (χ0v) is 17.7. The Kier molecular flexibility index (Phi) is 7.39. The molecule has 1 aliphatic heterocycles. The summed E-state index contributed by atoms with van der Waals surface area (Å²) in [6.07, 6.45) is 0.801. The average Bonchev–Trinajstić information content (AvgIpc) is 2.62. The first kappa shape index (κ1) is 22.6. The average molecular weight is 412 g/mol. The van der Waals surface area contributed by atoms with Gasteiger partial charge in [-0.25, -0.2) is 10.2 Å². The predicted molar refractivity (Wildman–Crippen MR) is 104 cm³/mol. The van der Waals surface area contributed by atoms with Gasteiger partial charge in [-0.15, -0.1) is 0 Å². The Morgan fingerprint density at radius 2 is 1.96 bits per heavy atom. The minimum absolute atomic E-state index is 0.187. The predicted octanol–water partition coefficient (Wildman–Crippen LogP) is 3.22. The Labute approximate surface area is 165 Å². The zero-order valence-electron chi connectivity index (χ0n) is 16.8. The van der Waals surface area contributed by atoms with Gasteiger partial charge in [-0.3, -0.25) is 23.9 Å². The first-order valence-corrected chi connectivity index (χ1v) is 10.9. The molecular weight excluding hydrogens is 383 g/mol. The molecule has 0 aromatic heterocycles. The number of hydrogen-bond acceptors (Lipinski definition) is 6. The van der Waals surface area contributed by atoms with Gasteiger partial charge in [0.05, 0.1) is 5.41 Å². The number of carbonyl (C=O) groups excluding carboxylic acids is 2. The number of aryl methyl sites for hydroxylation is 1. The van der Waals surface area contributed by atoms with E-state index in [1.54, 1.807) is 20.8 Å². The maximum absolute atomic E-state index is 13.5. The van der Waals surface area contributed by atoms with Crippen LogP contribution in [0, 0.1) is 12.3 Å². The number of rotatable bonds is 7. The van der Waals surface area contributed by atoms with Crippen LogP contribution in [0.2, 0.25) is 0 Å². The smallest absolute Gasteiger partial charge is 0.313 e. The van der Waals surface area contributed by atoms with E-state index >= 15 is 0 Å². The van der Waals surface area contributed by atoms with Crippen LogP contribution >= 0.6 is 7.52 Å². The van der Waals surface area contributed by atoms with Crippen LogP contribution in [0.15, 0.2) is 24.3 Å². The molecule has 2 rings (SSSR count). The largest absolute Gasteiger partial charge is 0.438 e. The van der Waals surface area contributed by atoms with Crippen molar-refractivity contribution in [2.75, 3.05) is 13.3 Å². The third-order valence-corrected chi connectivity index (χ3v) is 6.86. The fourth-order valence-corrected chi connectivity index (χ4v) is 4.73. The first-order valence-electron chi connectivity index (χ1n) is 9.25. The number of amides is 1.